The lowest BCUT2D eigenvalue weighted by Crippen LogP contribution is -2.50. The lowest BCUT2D eigenvalue weighted by molar-refractivity contribution is -0.139. The Morgan fingerprint density at radius 1 is 1.37 bits per heavy atom. The van der Waals surface area contributed by atoms with Gasteiger partial charge in [-0.1, -0.05) is 0 Å². The molecule has 0 spiro atoms. The van der Waals surface area contributed by atoms with Crippen LogP contribution >= 0.6 is 11.8 Å². The summed E-state index contributed by atoms with van der Waals surface area (Å²) in [6, 6.07) is -1.00. The first-order valence-electron chi connectivity index (χ1n) is 6.28. The predicted molar refractivity (Wildman–Crippen MR) is 74.1 cm³/mol. The fourth-order valence-corrected chi connectivity index (χ4v) is 3.33. The smallest absolute Gasteiger partial charge is 0.321 e. The molecule has 0 aromatic carbocycles. The number of hydrogen-bond donors (Lipinski definition) is 2. The summed E-state index contributed by atoms with van der Waals surface area (Å²) in [6.07, 6.45) is 0. The van der Waals surface area contributed by atoms with Gasteiger partial charge in [-0.3, -0.25) is 9.59 Å². The molecule has 1 amide bonds. The monoisotopic (exact) mass is 290 g/mol. The molecule has 1 rings (SSSR count). The number of rotatable bonds is 5. The zero-order chi connectivity index (χ0) is 14.6. The van der Waals surface area contributed by atoms with Gasteiger partial charge < -0.3 is 20.5 Å². The number of morpholine rings is 1. The molecule has 1 saturated heterocycles. The van der Waals surface area contributed by atoms with E-state index in [-0.39, 0.29) is 11.2 Å². The van der Waals surface area contributed by atoms with Gasteiger partial charge in [-0.2, -0.15) is 0 Å². The van der Waals surface area contributed by atoms with Crippen LogP contribution in [0.2, 0.25) is 0 Å². The number of carbonyl (C=O) groups excluding carboxylic acids is 1. The van der Waals surface area contributed by atoms with Crippen LogP contribution in [0, 0.1) is 0 Å². The largest absolute Gasteiger partial charge is 0.480 e. The van der Waals surface area contributed by atoms with Gasteiger partial charge in [-0.15, -0.1) is 11.8 Å². The second-order valence-corrected chi connectivity index (χ2v) is 7.11. The Labute approximate surface area is 117 Å². The summed E-state index contributed by atoms with van der Waals surface area (Å²) in [5, 5.41) is 8.65. The summed E-state index contributed by atoms with van der Waals surface area (Å²) in [6.45, 7) is 7.59. The number of amides is 1. The van der Waals surface area contributed by atoms with E-state index in [1.54, 1.807) is 25.7 Å². The molecule has 0 saturated carbocycles. The first-order valence-corrected chi connectivity index (χ1v) is 7.16. The lowest BCUT2D eigenvalue weighted by Gasteiger charge is -2.34. The maximum absolute atomic E-state index is 12.2. The van der Waals surface area contributed by atoms with Crippen LogP contribution in [0.5, 0.6) is 0 Å². The molecule has 1 heterocycles. The summed E-state index contributed by atoms with van der Waals surface area (Å²) in [5.41, 5.74) is 5.66. The number of nitrogens with zero attached hydrogens (tertiary/aromatic N) is 1. The minimum atomic E-state index is -1.05. The van der Waals surface area contributed by atoms with Gasteiger partial charge in [0.15, 0.2) is 0 Å². The van der Waals surface area contributed by atoms with Crippen LogP contribution in [0.15, 0.2) is 0 Å². The van der Waals surface area contributed by atoms with Gasteiger partial charge >= 0.3 is 5.97 Å². The van der Waals surface area contributed by atoms with E-state index < -0.39 is 16.8 Å². The zero-order valence-electron chi connectivity index (χ0n) is 11.6. The molecular formula is C12H22N2O4S. The van der Waals surface area contributed by atoms with Gasteiger partial charge in [-0.05, 0) is 20.8 Å². The van der Waals surface area contributed by atoms with Crippen LogP contribution in [-0.2, 0) is 14.3 Å². The van der Waals surface area contributed by atoms with E-state index in [0.717, 1.165) is 0 Å². The van der Waals surface area contributed by atoms with Crippen LogP contribution in [0.25, 0.3) is 0 Å². The average Bonchev–Trinajstić information content (AvgIpc) is 2.37. The second kappa shape index (κ2) is 6.58. The highest BCUT2D eigenvalue weighted by Gasteiger charge is 2.36. The van der Waals surface area contributed by atoms with Crippen LogP contribution < -0.4 is 5.73 Å². The first-order chi connectivity index (χ1) is 8.75. The van der Waals surface area contributed by atoms with Gasteiger partial charge in [0.1, 0.15) is 6.04 Å². The molecule has 2 atom stereocenters. The minimum absolute atomic E-state index is 0.0129. The molecule has 3 N–H and O–H groups in total. The number of aliphatic carboxylic acids is 1. The standard InChI is InChI=1S/C12H22N2O4S/c1-8(10(15)14-4-6-18-7-5-14)19-12(2,3)9(13)11(16)17/h8-9H,4-7,13H2,1-3H3,(H,16,17)/t8?,9-/m0/s1. The number of carbonyl (C=O) groups is 2. The third-order valence-corrected chi connectivity index (χ3v) is 4.58. The van der Waals surface area contributed by atoms with Crippen LogP contribution in [-0.4, -0.2) is 64.2 Å². The molecule has 6 nitrogen and oxygen atoms in total. The number of thioether (sulfide) groups is 1. The van der Waals surface area contributed by atoms with Crippen molar-refractivity contribution in [2.24, 2.45) is 5.73 Å². The topological polar surface area (TPSA) is 92.9 Å². The van der Waals surface area contributed by atoms with E-state index >= 15 is 0 Å². The molecule has 19 heavy (non-hydrogen) atoms. The van der Waals surface area contributed by atoms with E-state index in [9.17, 15) is 9.59 Å². The van der Waals surface area contributed by atoms with Gasteiger partial charge in [0.25, 0.3) is 0 Å². The molecule has 1 fully saturated rings. The highest BCUT2D eigenvalue weighted by molar-refractivity contribution is 8.02. The lowest BCUT2D eigenvalue weighted by atomic mass is 10.1. The van der Waals surface area contributed by atoms with Crippen molar-refractivity contribution in [1.82, 2.24) is 4.90 Å². The Morgan fingerprint density at radius 3 is 2.37 bits per heavy atom. The summed E-state index contributed by atoms with van der Waals surface area (Å²) in [4.78, 5) is 24.9. The summed E-state index contributed by atoms with van der Waals surface area (Å²) >= 11 is 1.30. The minimum Gasteiger partial charge on any atom is -0.480 e. The maximum Gasteiger partial charge on any atom is 0.321 e. The first kappa shape index (κ1) is 16.3. The molecule has 0 aromatic heterocycles. The van der Waals surface area contributed by atoms with E-state index in [1.165, 1.54) is 11.8 Å². The normalized spacial score (nSPS) is 19.9. The highest BCUT2D eigenvalue weighted by atomic mass is 32.2. The fourth-order valence-electron chi connectivity index (χ4n) is 1.92. The van der Waals surface area contributed by atoms with Crippen molar-refractivity contribution >= 4 is 23.6 Å². The van der Waals surface area contributed by atoms with Crippen LogP contribution in [0.1, 0.15) is 20.8 Å². The van der Waals surface area contributed by atoms with Gasteiger partial charge in [0.05, 0.1) is 18.5 Å². The van der Waals surface area contributed by atoms with Crippen molar-refractivity contribution in [2.45, 2.75) is 36.8 Å². The second-order valence-electron chi connectivity index (χ2n) is 5.12. The Morgan fingerprint density at radius 2 is 1.89 bits per heavy atom. The summed E-state index contributed by atoms with van der Waals surface area (Å²) in [7, 11) is 0. The third-order valence-electron chi connectivity index (χ3n) is 3.17. The molecule has 110 valence electrons. The number of nitrogens with two attached hydrogens (primary N) is 1. The molecule has 1 aliphatic heterocycles. The van der Waals surface area contributed by atoms with Crippen molar-refractivity contribution in [1.29, 1.82) is 0 Å². The van der Waals surface area contributed by atoms with Gasteiger partial charge in [-0.25, -0.2) is 0 Å². The average molecular weight is 290 g/mol. The molecule has 0 aliphatic carbocycles. The van der Waals surface area contributed by atoms with Crippen molar-refractivity contribution in [3.8, 4) is 0 Å². The number of carboxylic acid groups (broad SMARTS) is 1. The van der Waals surface area contributed by atoms with Crippen molar-refractivity contribution in [2.75, 3.05) is 26.3 Å². The highest BCUT2D eigenvalue weighted by Crippen LogP contribution is 2.32. The molecule has 7 heteroatoms. The zero-order valence-corrected chi connectivity index (χ0v) is 12.4. The van der Waals surface area contributed by atoms with Crippen LogP contribution in [0.3, 0.4) is 0 Å². The maximum atomic E-state index is 12.2. The number of carboxylic acids is 1. The van der Waals surface area contributed by atoms with Gasteiger partial charge in [0, 0.05) is 17.8 Å². The Hall–Kier alpha value is -0.790. The van der Waals surface area contributed by atoms with E-state index in [2.05, 4.69) is 0 Å². The van der Waals surface area contributed by atoms with E-state index in [0.29, 0.717) is 26.3 Å². The molecule has 0 aromatic rings. The molecule has 0 radical (unpaired) electrons. The number of ether oxygens (including phenoxy) is 1. The molecule has 0 bridgehead atoms. The van der Waals surface area contributed by atoms with Crippen molar-refractivity contribution in [3.63, 3.8) is 0 Å². The van der Waals surface area contributed by atoms with E-state index in [4.69, 9.17) is 15.6 Å². The quantitative estimate of drug-likeness (QED) is 0.749. The Balaban J connectivity index is 2.59. The summed E-state index contributed by atoms with van der Waals surface area (Å²) < 4.78 is 4.50. The van der Waals surface area contributed by atoms with Crippen LogP contribution in [0.4, 0.5) is 0 Å². The molecule has 1 unspecified atom stereocenters. The van der Waals surface area contributed by atoms with Gasteiger partial charge in [0.2, 0.25) is 5.91 Å². The predicted octanol–water partition coefficient (Wildman–Crippen LogP) is 0.157. The summed E-state index contributed by atoms with van der Waals surface area (Å²) in [5.74, 6) is -1.04. The molecule has 1 aliphatic rings. The third kappa shape index (κ3) is 4.36. The van der Waals surface area contributed by atoms with Crippen molar-refractivity contribution < 1.29 is 19.4 Å². The number of hydrogen-bond acceptors (Lipinski definition) is 5. The van der Waals surface area contributed by atoms with Crippen molar-refractivity contribution in [3.05, 3.63) is 0 Å². The fraction of sp³-hybridized carbons (Fsp3) is 0.833. The molecular weight excluding hydrogens is 268 g/mol. The van der Waals surface area contributed by atoms with E-state index in [1.807, 2.05) is 0 Å². The Kier molecular flexibility index (Phi) is 5.64. The Bertz CT molecular complexity index is 343. The SMILES string of the molecule is CC(SC(C)(C)[C@@H](N)C(=O)O)C(=O)N1CCOCC1.